The summed E-state index contributed by atoms with van der Waals surface area (Å²) in [4.78, 5) is 11.6. The van der Waals surface area contributed by atoms with Gasteiger partial charge in [-0.15, -0.1) is 0 Å². The molecular weight excluding hydrogens is 367 g/mol. The van der Waals surface area contributed by atoms with E-state index in [1.807, 2.05) is 30.7 Å². The molecule has 1 fully saturated rings. The molecule has 3 aromatic rings. The van der Waals surface area contributed by atoms with Crippen molar-refractivity contribution in [3.05, 3.63) is 65.1 Å². The van der Waals surface area contributed by atoms with Gasteiger partial charge >= 0.3 is 0 Å². The summed E-state index contributed by atoms with van der Waals surface area (Å²) in [5, 5.41) is 1.16. The van der Waals surface area contributed by atoms with Crippen molar-refractivity contribution in [2.45, 2.75) is 26.2 Å². The summed E-state index contributed by atoms with van der Waals surface area (Å²) >= 11 is 12.5. The van der Waals surface area contributed by atoms with E-state index in [9.17, 15) is 0 Å². The van der Waals surface area contributed by atoms with Gasteiger partial charge < -0.3 is 4.90 Å². The van der Waals surface area contributed by atoms with Gasteiger partial charge in [0.2, 0.25) is 0 Å². The van der Waals surface area contributed by atoms with Crippen molar-refractivity contribution in [1.29, 1.82) is 0 Å². The third-order valence-electron chi connectivity index (χ3n) is 5.17. The Balaban J connectivity index is 1.66. The Kier molecular flexibility index (Phi) is 4.57. The zero-order valence-corrected chi connectivity index (χ0v) is 16.3. The van der Waals surface area contributed by atoms with Crippen LogP contribution in [0.3, 0.4) is 0 Å². The molecule has 6 heteroatoms. The quantitative estimate of drug-likeness (QED) is 0.628. The lowest BCUT2D eigenvalue weighted by Gasteiger charge is -2.37. The highest BCUT2D eigenvalue weighted by molar-refractivity contribution is 6.42. The van der Waals surface area contributed by atoms with Crippen LogP contribution in [0.5, 0.6) is 0 Å². The van der Waals surface area contributed by atoms with Crippen LogP contribution in [-0.2, 0) is 6.42 Å². The first-order valence-electron chi connectivity index (χ1n) is 8.79. The van der Waals surface area contributed by atoms with Crippen LogP contribution in [0.4, 0.5) is 5.82 Å². The van der Waals surface area contributed by atoms with Gasteiger partial charge in [0.1, 0.15) is 11.3 Å². The number of aromatic nitrogens is 3. The number of anilines is 1. The summed E-state index contributed by atoms with van der Waals surface area (Å²) in [6.45, 7) is 8.46. The number of benzene rings is 1. The summed E-state index contributed by atoms with van der Waals surface area (Å²) in [6, 6.07) is 5.69. The van der Waals surface area contributed by atoms with Crippen LogP contribution >= 0.6 is 23.2 Å². The second kappa shape index (κ2) is 6.75. The summed E-state index contributed by atoms with van der Waals surface area (Å²) < 4.78 is 2.09. The first-order valence-corrected chi connectivity index (χ1v) is 9.54. The fourth-order valence-electron chi connectivity index (χ4n) is 3.46. The lowest BCUT2D eigenvalue weighted by Crippen LogP contribution is -2.38. The zero-order chi connectivity index (χ0) is 18.3. The lowest BCUT2D eigenvalue weighted by atomic mass is 9.83. The molecule has 0 N–H and O–H groups in total. The van der Waals surface area contributed by atoms with Gasteiger partial charge in [-0.1, -0.05) is 42.3 Å². The second-order valence-electron chi connectivity index (χ2n) is 7.37. The van der Waals surface area contributed by atoms with E-state index in [2.05, 4.69) is 33.1 Å². The van der Waals surface area contributed by atoms with Crippen molar-refractivity contribution in [1.82, 2.24) is 14.4 Å². The van der Waals surface area contributed by atoms with Crippen molar-refractivity contribution in [3.63, 3.8) is 0 Å². The number of hydrogen-bond acceptors (Lipinski definition) is 3. The van der Waals surface area contributed by atoms with Crippen LogP contribution in [-0.4, -0.2) is 27.5 Å². The first kappa shape index (κ1) is 17.6. The predicted octanol–water partition coefficient (Wildman–Crippen LogP) is 5.07. The molecule has 3 heterocycles. The van der Waals surface area contributed by atoms with Crippen molar-refractivity contribution >= 4 is 34.5 Å². The molecule has 2 aromatic heterocycles. The summed E-state index contributed by atoms with van der Waals surface area (Å²) in [6.07, 6.45) is 8.44. The van der Waals surface area contributed by atoms with Crippen LogP contribution in [0, 0.1) is 12.3 Å². The third-order valence-corrected chi connectivity index (χ3v) is 6.02. The van der Waals surface area contributed by atoms with Gasteiger partial charge in [0.05, 0.1) is 16.2 Å². The number of piperidine rings is 1. The fourth-order valence-corrected chi connectivity index (χ4v) is 3.84. The molecule has 1 saturated heterocycles. The molecule has 0 atom stereocenters. The van der Waals surface area contributed by atoms with E-state index in [1.54, 1.807) is 6.07 Å². The van der Waals surface area contributed by atoms with Crippen LogP contribution in [0.1, 0.15) is 31.2 Å². The minimum absolute atomic E-state index is 0.163. The number of rotatable bonds is 3. The Morgan fingerprint density at radius 1 is 1.19 bits per heavy atom. The van der Waals surface area contributed by atoms with Crippen LogP contribution < -0.4 is 4.90 Å². The summed E-state index contributed by atoms with van der Waals surface area (Å²) in [5.41, 5.74) is 2.15. The van der Waals surface area contributed by atoms with E-state index in [0.717, 1.165) is 48.7 Å². The monoisotopic (exact) mass is 387 g/mol. The van der Waals surface area contributed by atoms with Gasteiger partial charge in [0.15, 0.2) is 5.82 Å². The molecular formula is C20H21Cl2N4. The lowest BCUT2D eigenvalue weighted by molar-refractivity contribution is 0.321. The highest BCUT2D eigenvalue weighted by Gasteiger charge is 2.27. The number of halogens is 2. The normalized spacial score (nSPS) is 17.0. The Morgan fingerprint density at radius 3 is 2.73 bits per heavy atom. The minimum Gasteiger partial charge on any atom is -0.355 e. The van der Waals surface area contributed by atoms with Gasteiger partial charge in [-0.2, -0.15) is 0 Å². The molecule has 1 aliphatic rings. The zero-order valence-electron chi connectivity index (χ0n) is 14.8. The number of nitrogens with zero attached hydrogens (tertiary/aromatic N) is 4. The van der Waals surface area contributed by atoms with Crippen molar-refractivity contribution in [3.8, 4) is 0 Å². The maximum Gasteiger partial charge on any atom is 0.154 e. The molecule has 1 aliphatic heterocycles. The van der Waals surface area contributed by atoms with E-state index in [-0.39, 0.29) is 5.41 Å². The number of hydrogen-bond donors (Lipinski definition) is 0. The van der Waals surface area contributed by atoms with Gasteiger partial charge in [-0.3, -0.25) is 4.40 Å². The fraction of sp³-hybridized carbons (Fsp3) is 0.350. The van der Waals surface area contributed by atoms with Crippen molar-refractivity contribution in [2.75, 3.05) is 18.0 Å². The van der Waals surface area contributed by atoms with Crippen molar-refractivity contribution < 1.29 is 0 Å². The molecule has 1 radical (unpaired) electrons. The molecule has 0 aliphatic carbocycles. The largest absolute Gasteiger partial charge is 0.355 e. The van der Waals surface area contributed by atoms with Gasteiger partial charge in [-0.05, 0) is 36.8 Å². The summed E-state index contributed by atoms with van der Waals surface area (Å²) in [5.74, 6) is 1.91. The minimum atomic E-state index is 0.163. The molecule has 1 aromatic carbocycles. The van der Waals surface area contributed by atoms with Gasteiger partial charge in [-0.25, -0.2) is 9.97 Å². The first-order chi connectivity index (χ1) is 12.4. The molecule has 4 nitrogen and oxygen atoms in total. The average Bonchev–Trinajstić information content (AvgIpc) is 3.02. The standard InChI is InChI=1S/C20H21Cl2N4/c1-20(2)6-9-25(10-7-20)19-16-13-24-17(26(16)11-8-23-19)12-14-4-3-5-15(21)18(14)22/h3-5,8,11,13H,1,6-7,9-10,12H2,2H3. The molecule has 0 unspecified atom stereocenters. The molecule has 0 amide bonds. The van der Waals surface area contributed by atoms with E-state index >= 15 is 0 Å². The van der Waals surface area contributed by atoms with Crippen LogP contribution in [0.15, 0.2) is 36.8 Å². The average molecular weight is 388 g/mol. The predicted molar refractivity (Wildman–Crippen MR) is 107 cm³/mol. The highest BCUT2D eigenvalue weighted by Crippen LogP contribution is 2.33. The van der Waals surface area contributed by atoms with E-state index in [4.69, 9.17) is 23.2 Å². The summed E-state index contributed by atoms with van der Waals surface area (Å²) in [7, 11) is 0. The Hall–Kier alpha value is -1.78. The second-order valence-corrected chi connectivity index (χ2v) is 8.15. The maximum atomic E-state index is 6.35. The van der Waals surface area contributed by atoms with E-state index in [0.29, 0.717) is 16.5 Å². The van der Waals surface area contributed by atoms with Crippen LogP contribution in [0.2, 0.25) is 10.0 Å². The number of fused-ring (bicyclic) bond motifs is 1. The van der Waals surface area contributed by atoms with Gasteiger partial charge in [0, 0.05) is 31.9 Å². The topological polar surface area (TPSA) is 33.4 Å². The van der Waals surface area contributed by atoms with Crippen LogP contribution in [0.25, 0.3) is 5.52 Å². The third kappa shape index (κ3) is 3.28. The Labute approximate surface area is 163 Å². The molecule has 0 saturated carbocycles. The van der Waals surface area contributed by atoms with Gasteiger partial charge in [0.25, 0.3) is 0 Å². The van der Waals surface area contributed by atoms with E-state index in [1.165, 1.54) is 0 Å². The Morgan fingerprint density at radius 2 is 1.96 bits per heavy atom. The maximum absolute atomic E-state index is 6.35. The van der Waals surface area contributed by atoms with E-state index < -0.39 is 0 Å². The SMILES string of the molecule is [CH2]C1(C)CCN(c2nccn3c(Cc4cccc(Cl)c4Cl)ncc23)CC1. The molecule has 4 rings (SSSR count). The number of imidazole rings is 1. The molecule has 0 bridgehead atoms. The molecule has 0 spiro atoms. The highest BCUT2D eigenvalue weighted by atomic mass is 35.5. The molecule has 135 valence electrons. The Bertz CT molecular complexity index is 938. The molecule has 26 heavy (non-hydrogen) atoms. The smallest absolute Gasteiger partial charge is 0.154 e. The van der Waals surface area contributed by atoms with Crippen molar-refractivity contribution in [2.24, 2.45) is 5.41 Å².